The molecule has 0 saturated heterocycles. The van der Waals surface area contributed by atoms with Crippen molar-refractivity contribution in [3.8, 4) is 0 Å². The lowest BCUT2D eigenvalue weighted by atomic mass is 9.77. The number of fused-ring (bicyclic) bond motifs is 1. The molecule has 1 heteroatoms. The lowest BCUT2D eigenvalue weighted by molar-refractivity contribution is 0.507. The maximum absolute atomic E-state index is 5.81. The van der Waals surface area contributed by atoms with Crippen molar-refractivity contribution in [2.24, 2.45) is 5.73 Å². The summed E-state index contributed by atoms with van der Waals surface area (Å²) in [6.07, 6.45) is 2.55. The molecule has 1 aromatic rings. The van der Waals surface area contributed by atoms with Gasteiger partial charge >= 0.3 is 0 Å². The lowest BCUT2D eigenvalue weighted by Gasteiger charge is -2.29. The van der Waals surface area contributed by atoms with Crippen molar-refractivity contribution >= 4 is 0 Å². The van der Waals surface area contributed by atoms with Crippen molar-refractivity contribution in [1.82, 2.24) is 0 Å². The molecule has 2 unspecified atom stereocenters. The molecule has 2 N–H and O–H groups in total. The molecule has 0 aromatic heterocycles. The first-order valence-electron chi connectivity index (χ1n) is 5.53. The van der Waals surface area contributed by atoms with Crippen LogP contribution in [0.15, 0.2) is 18.2 Å². The molecule has 0 spiro atoms. The van der Waals surface area contributed by atoms with Crippen molar-refractivity contribution in [2.75, 3.05) is 6.54 Å². The summed E-state index contributed by atoms with van der Waals surface area (Å²) < 4.78 is 0. The summed E-state index contributed by atoms with van der Waals surface area (Å²) >= 11 is 0. The third-order valence-electron chi connectivity index (χ3n) is 3.45. The minimum Gasteiger partial charge on any atom is -0.330 e. The van der Waals surface area contributed by atoms with E-state index >= 15 is 0 Å². The normalized spacial score (nSPS) is 25.9. The van der Waals surface area contributed by atoms with Gasteiger partial charge in [-0.2, -0.15) is 0 Å². The Bertz CT molecular complexity index is 330. The highest BCUT2D eigenvalue weighted by atomic mass is 14.6. The summed E-state index contributed by atoms with van der Waals surface area (Å²) in [5, 5.41) is 0. The summed E-state index contributed by atoms with van der Waals surface area (Å²) in [7, 11) is 0. The van der Waals surface area contributed by atoms with Crippen LogP contribution in [0, 0.1) is 6.92 Å². The van der Waals surface area contributed by atoms with Crippen molar-refractivity contribution < 1.29 is 0 Å². The predicted octanol–water partition coefficient (Wildman–Crippen LogP) is 2.93. The summed E-state index contributed by atoms with van der Waals surface area (Å²) in [6.45, 7) is 5.28. The topological polar surface area (TPSA) is 26.0 Å². The molecular weight excluding hydrogens is 170 g/mol. The molecule has 0 amide bonds. The van der Waals surface area contributed by atoms with E-state index in [0.29, 0.717) is 11.8 Å². The molecule has 1 aliphatic carbocycles. The van der Waals surface area contributed by atoms with E-state index in [2.05, 4.69) is 32.0 Å². The standard InChI is InChI=1S/C13H19N/c1-9-3-6-12-10(2)4-5-11(8-14)13(12)7-9/h3,6-7,10-11H,4-5,8,14H2,1-2H3. The zero-order chi connectivity index (χ0) is 10.1. The van der Waals surface area contributed by atoms with Crippen molar-refractivity contribution in [3.63, 3.8) is 0 Å². The van der Waals surface area contributed by atoms with E-state index in [9.17, 15) is 0 Å². The first-order chi connectivity index (χ1) is 6.72. The maximum Gasteiger partial charge on any atom is -0.000813 e. The van der Waals surface area contributed by atoms with Gasteiger partial charge in [0.05, 0.1) is 0 Å². The highest BCUT2D eigenvalue weighted by Crippen LogP contribution is 2.38. The largest absolute Gasteiger partial charge is 0.330 e. The second-order valence-corrected chi connectivity index (χ2v) is 4.54. The van der Waals surface area contributed by atoms with E-state index in [1.54, 1.807) is 0 Å². The van der Waals surface area contributed by atoms with Crippen LogP contribution in [0.3, 0.4) is 0 Å². The quantitative estimate of drug-likeness (QED) is 0.722. The molecule has 0 heterocycles. The molecule has 2 atom stereocenters. The number of benzene rings is 1. The Morgan fingerprint density at radius 2 is 2.07 bits per heavy atom. The molecule has 0 fully saturated rings. The zero-order valence-electron chi connectivity index (χ0n) is 9.09. The number of nitrogens with two attached hydrogens (primary N) is 1. The van der Waals surface area contributed by atoms with Crippen LogP contribution >= 0.6 is 0 Å². The molecular formula is C13H19N. The SMILES string of the molecule is Cc1ccc2c(c1)C(CN)CCC2C. The lowest BCUT2D eigenvalue weighted by Crippen LogP contribution is -2.19. The Morgan fingerprint density at radius 3 is 2.79 bits per heavy atom. The third-order valence-corrected chi connectivity index (χ3v) is 3.45. The molecule has 2 rings (SSSR count). The summed E-state index contributed by atoms with van der Waals surface area (Å²) in [5.74, 6) is 1.31. The van der Waals surface area contributed by atoms with E-state index in [4.69, 9.17) is 5.73 Å². The number of hydrogen-bond donors (Lipinski definition) is 1. The highest BCUT2D eigenvalue weighted by Gasteiger charge is 2.23. The van der Waals surface area contributed by atoms with E-state index in [-0.39, 0.29) is 0 Å². The monoisotopic (exact) mass is 189 g/mol. The Morgan fingerprint density at radius 1 is 1.29 bits per heavy atom. The number of rotatable bonds is 1. The van der Waals surface area contributed by atoms with Crippen LogP contribution in [0.2, 0.25) is 0 Å². The molecule has 1 aromatic carbocycles. The number of aryl methyl sites for hydroxylation is 1. The maximum atomic E-state index is 5.81. The van der Waals surface area contributed by atoms with Gasteiger partial charge in [-0.25, -0.2) is 0 Å². The van der Waals surface area contributed by atoms with Crippen LogP contribution in [0.1, 0.15) is 48.3 Å². The first kappa shape index (κ1) is 9.72. The minimum atomic E-state index is 0.598. The van der Waals surface area contributed by atoms with E-state index < -0.39 is 0 Å². The van der Waals surface area contributed by atoms with Crippen LogP contribution in [-0.4, -0.2) is 6.54 Å². The minimum absolute atomic E-state index is 0.598. The molecule has 0 radical (unpaired) electrons. The first-order valence-corrected chi connectivity index (χ1v) is 5.53. The van der Waals surface area contributed by atoms with Crippen molar-refractivity contribution in [1.29, 1.82) is 0 Å². The zero-order valence-corrected chi connectivity index (χ0v) is 9.09. The highest BCUT2D eigenvalue weighted by molar-refractivity contribution is 5.38. The average molecular weight is 189 g/mol. The van der Waals surface area contributed by atoms with Gasteiger partial charge in [0, 0.05) is 0 Å². The van der Waals surface area contributed by atoms with Crippen LogP contribution in [0.4, 0.5) is 0 Å². The third kappa shape index (κ3) is 1.57. The summed E-state index contributed by atoms with van der Waals surface area (Å²) in [6, 6.07) is 6.83. The average Bonchev–Trinajstić information content (AvgIpc) is 2.18. The molecule has 0 bridgehead atoms. The smallest absolute Gasteiger partial charge is 0.000813 e. The van der Waals surface area contributed by atoms with Gasteiger partial charge in [-0.05, 0) is 49.3 Å². The Hall–Kier alpha value is -0.820. The van der Waals surface area contributed by atoms with Gasteiger partial charge in [0.2, 0.25) is 0 Å². The van der Waals surface area contributed by atoms with Crippen LogP contribution in [0.5, 0.6) is 0 Å². The van der Waals surface area contributed by atoms with Crippen LogP contribution < -0.4 is 5.73 Å². The second-order valence-electron chi connectivity index (χ2n) is 4.54. The fourth-order valence-corrected chi connectivity index (χ4v) is 2.50. The van der Waals surface area contributed by atoms with Crippen LogP contribution in [0.25, 0.3) is 0 Å². The van der Waals surface area contributed by atoms with Gasteiger partial charge in [-0.15, -0.1) is 0 Å². The predicted molar refractivity (Wildman–Crippen MR) is 60.6 cm³/mol. The Balaban J connectivity index is 2.46. The second kappa shape index (κ2) is 3.74. The molecule has 0 saturated carbocycles. The van der Waals surface area contributed by atoms with Gasteiger partial charge in [-0.3, -0.25) is 0 Å². The van der Waals surface area contributed by atoms with Crippen molar-refractivity contribution in [2.45, 2.75) is 38.5 Å². The number of hydrogen-bond acceptors (Lipinski definition) is 1. The Kier molecular flexibility index (Phi) is 2.60. The van der Waals surface area contributed by atoms with Gasteiger partial charge < -0.3 is 5.73 Å². The fourth-order valence-electron chi connectivity index (χ4n) is 2.50. The van der Waals surface area contributed by atoms with E-state index in [0.717, 1.165) is 6.54 Å². The van der Waals surface area contributed by atoms with Gasteiger partial charge in [0.1, 0.15) is 0 Å². The Labute approximate surface area is 86.3 Å². The molecule has 1 nitrogen and oxygen atoms in total. The van der Waals surface area contributed by atoms with Gasteiger partial charge in [-0.1, -0.05) is 30.7 Å². The van der Waals surface area contributed by atoms with E-state index in [1.807, 2.05) is 0 Å². The molecule has 0 aliphatic heterocycles. The molecule has 76 valence electrons. The van der Waals surface area contributed by atoms with Gasteiger partial charge in [0.25, 0.3) is 0 Å². The van der Waals surface area contributed by atoms with Gasteiger partial charge in [0.15, 0.2) is 0 Å². The fraction of sp³-hybridized carbons (Fsp3) is 0.538. The van der Waals surface area contributed by atoms with Crippen LogP contribution in [-0.2, 0) is 0 Å². The molecule has 1 aliphatic rings. The van der Waals surface area contributed by atoms with Crippen molar-refractivity contribution in [3.05, 3.63) is 34.9 Å². The molecule has 14 heavy (non-hydrogen) atoms. The summed E-state index contributed by atoms with van der Waals surface area (Å²) in [5.41, 5.74) is 10.2. The van der Waals surface area contributed by atoms with E-state index in [1.165, 1.54) is 29.5 Å². The summed E-state index contributed by atoms with van der Waals surface area (Å²) in [4.78, 5) is 0.